The van der Waals surface area contributed by atoms with Crippen LogP contribution in [-0.4, -0.2) is 18.2 Å². The highest BCUT2D eigenvalue weighted by atomic mass is 16.7. The van der Waals surface area contributed by atoms with Crippen LogP contribution < -0.4 is 0 Å². The molecule has 4 heteroatoms. The molecule has 0 rings (SSSR count). The molecule has 0 aliphatic rings. The Morgan fingerprint density at radius 3 is 1.63 bits per heavy atom. The highest BCUT2D eigenvalue weighted by molar-refractivity contribution is 5.84. The normalized spacial score (nSPS) is 12.2. The van der Waals surface area contributed by atoms with Gasteiger partial charge in [0.15, 0.2) is 0 Å². The van der Waals surface area contributed by atoms with Gasteiger partial charge in [-0.1, -0.05) is 43.4 Å². The zero-order chi connectivity index (χ0) is 14.5. The summed E-state index contributed by atoms with van der Waals surface area (Å²) in [5, 5.41) is 0. The van der Waals surface area contributed by atoms with Crippen molar-refractivity contribution in [2.24, 2.45) is 0 Å². The van der Waals surface area contributed by atoms with E-state index < -0.39 is 18.2 Å². The fourth-order valence-corrected chi connectivity index (χ4v) is 1.02. The minimum Gasteiger partial charge on any atom is -0.422 e. The topological polar surface area (TPSA) is 52.6 Å². The molecule has 0 heterocycles. The predicted molar refractivity (Wildman–Crippen MR) is 74.2 cm³/mol. The largest absolute Gasteiger partial charge is 0.422 e. The lowest BCUT2D eigenvalue weighted by molar-refractivity contribution is -0.181. The van der Waals surface area contributed by atoms with Gasteiger partial charge >= 0.3 is 11.9 Å². The second-order valence-electron chi connectivity index (χ2n) is 3.48. The Kier molecular flexibility index (Phi) is 9.80. The van der Waals surface area contributed by atoms with Gasteiger partial charge in [0.05, 0.1) is 0 Å². The Labute approximate surface area is 114 Å². The van der Waals surface area contributed by atoms with Gasteiger partial charge in [0.1, 0.15) is 0 Å². The van der Waals surface area contributed by atoms with Crippen LogP contribution in [0.3, 0.4) is 0 Å². The van der Waals surface area contributed by atoms with E-state index in [1.807, 2.05) is 13.8 Å². The van der Waals surface area contributed by atoms with E-state index in [1.165, 1.54) is 12.2 Å². The van der Waals surface area contributed by atoms with Crippen LogP contribution in [0, 0.1) is 0 Å². The van der Waals surface area contributed by atoms with E-state index in [2.05, 4.69) is 0 Å². The predicted octanol–water partition coefficient (Wildman–Crippen LogP) is 3.07. The Hall–Kier alpha value is -2.10. The van der Waals surface area contributed by atoms with Gasteiger partial charge in [0, 0.05) is 18.6 Å². The van der Waals surface area contributed by atoms with E-state index in [1.54, 1.807) is 43.4 Å². The molecule has 0 aliphatic carbocycles. The number of allylic oxidation sites excluding steroid dienone is 6. The van der Waals surface area contributed by atoms with Gasteiger partial charge in [0.25, 0.3) is 0 Å². The van der Waals surface area contributed by atoms with Crippen LogP contribution in [0.5, 0.6) is 0 Å². The molecule has 0 unspecified atom stereocenters. The zero-order valence-corrected chi connectivity index (χ0v) is 11.5. The van der Waals surface area contributed by atoms with Crippen LogP contribution in [0.25, 0.3) is 0 Å². The monoisotopic (exact) mass is 264 g/mol. The van der Waals surface area contributed by atoms with E-state index in [0.717, 1.165) is 0 Å². The minimum atomic E-state index is -0.870. The third-order valence-electron chi connectivity index (χ3n) is 1.90. The summed E-state index contributed by atoms with van der Waals surface area (Å²) in [6.07, 6.45) is 12.2. The molecular weight excluding hydrogens is 244 g/mol. The molecule has 0 bridgehead atoms. The molecule has 0 spiro atoms. The summed E-state index contributed by atoms with van der Waals surface area (Å²) in [5.41, 5.74) is 0. The molecule has 19 heavy (non-hydrogen) atoms. The molecule has 0 radical (unpaired) electrons. The lowest BCUT2D eigenvalue weighted by atomic mass is 10.4. The lowest BCUT2D eigenvalue weighted by Crippen LogP contribution is -2.22. The Morgan fingerprint density at radius 1 is 0.895 bits per heavy atom. The average molecular weight is 264 g/mol. The lowest BCUT2D eigenvalue weighted by Gasteiger charge is -2.14. The first-order valence-electron chi connectivity index (χ1n) is 6.14. The minimum absolute atomic E-state index is 0.395. The van der Waals surface area contributed by atoms with Crippen LogP contribution in [0.4, 0.5) is 0 Å². The Balaban J connectivity index is 4.27. The first-order chi connectivity index (χ1) is 9.13. The Bertz CT molecular complexity index is 353. The van der Waals surface area contributed by atoms with Gasteiger partial charge in [-0.25, -0.2) is 9.59 Å². The van der Waals surface area contributed by atoms with Crippen molar-refractivity contribution in [3.05, 3.63) is 48.6 Å². The van der Waals surface area contributed by atoms with Crippen LogP contribution in [-0.2, 0) is 19.1 Å². The van der Waals surface area contributed by atoms with Gasteiger partial charge in [-0.05, 0) is 13.8 Å². The van der Waals surface area contributed by atoms with E-state index in [9.17, 15) is 9.59 Å². The van der Waals surface area contributed by atoms with E-state index >= 15 is 0 Å². The van der Waals surface area contributed by atoms with Crippen molar-refractivity contribution in [2.75, 3.05) is 0 Å². The molecule has 0 atom stereocenters. The molecular formula is C15H20O4. The first-order valence-corrected chi connectivity index (χ1v) is 6.14. The van der Waals surface area contributed by atoms with Crippen molar-refractivity contribution in [1.29, 1.82) is 0 Å². The van der Waals surface area contributed by atoms with Gasteiger partial charge in [-0.2, -0.15) is 0 Å². The van der Waals surface area contributed by atoms with Crippen LogP contribution >= 0.6 is 0 Å². The number of hydrogen-bond acceptors (Lipinski definition) is 4. The van der Waals surface area contributed by atoms with Gasteiger partial charge < -0.3 is 9.47 Å². The zero-order valence-electron chi connectivity index (χ0n) is 11.5. The Morgan fingerprint density at radius 2 is 1.32 bits per heavy atom. The molecule has 0 saturated carbocycles. The summed E-state index contributed by atoms with van der Waals surface area (Å²) in [5.74, 6) is -1.09. The SMILES string of the molecule is C/C=C/C=C/C(=O)OC(CC)OC(=O)/C=C/C=C/C. The molecule has 4 nitrogen and oxygen atoms in total. The van der Waals surface area contributed by atoms with Crippen molar-refractivity contribution >= 4 is 11.9 Å². The maximum Gasteiger partial charge on any atom is 0.333 e. The fraction of sp³-hybridized carbons (Fsp3) is 0.333. The van der Waals surface area contributed by atoms with Crippen molar-refractivity contribution in [3.63, 3.8) is 0 Å². The maximum absolute atomic E-state index is 11.4. The molecule has 0 aromatic heterocycles. The fourth-order valence-electron chi connectivity index (χ4n) is 1.02. The molecule has 0 aromatic rings. The van der Waals surface area contributed by atoms with E-state index in [4.69, 9.17) is 9.47 Å². The average Bonchev–Trinajstić information content (AvgIpc) is 2.38. The van der Waals surface area contributed by atoms with Crippen molar-refractivity contribution in [3.8, 4) is 0 Å². The summed E-state index contributed by atoms with van der Waals surface area (Å²) in [4.78, 5) is 22.7. The maximum atomic E-state index is 11.4. The van der Waals surface area contributed by atoms with Crippen molar-refractivity contribution < 1.29 is 19.1 Å². The molecule has 0 aromatic carbocycles. The first kappa shape index (κ1) is 16.9. The second kappa shape index (κ2) is 11.0. The van der Waals surface area contributed by atoms with Crippen LogP contribution in [0.1, 0.15) is 27.2 Å². The summed E-state index contributed by atoms with van der Waals surface area (Å²) in [6, 6.07) is 0. The number of carbonyl (C=O) groups is 2. The number of hydrogen-bond donors (Lipinski definition) is 0. The van der Waals surface area contributed by atoms with Gasteiger partial charge in [0.2, 0.25) is 6.29 Å². The summed E-state index contributed by atoms with van der Waals surface area (Å²) in [6.45, 7) is 5.43. The van der Waals surface area contributed by atoms with E-state index in [-0.39, 0.29) is 0 Å². The molecule has 0 saturated heterocycles. The quantitative estimate of drug-likeness (QED) is 0.307. The van der Waals surface area contributed by atoms with Crippen molar-refractivity contribution in [2.45, 2.75) is 33.5 Å². The van der Waals surface area contributed by atoms with Crippen LogP contribution in [0.15, 0.2) is 48.6 Å². The van der Waals surface area contributed by atoms with Crippen LogP contribution in [0.2, 0.25) is 0 Å². The molecule has 0 aliphatic heterocycles. The van der Waals surface area contributed by atoms with E-state index in [0.29, 0.717) is 6.42 Å². The molecule has 0 fully saturated rings. The number of carbonyl (C=O) groups excluding carboxylic acids is 2. The standard InChI is InChI=1S/C15H20O4/c1-4-7-9-11-13(16)18-15(6-3)19-14(17)12-10-8-5-2/h4-5,7-12,15H,6H2,1-3H3/b7-4+,8-5+,11-9+,12-10+. The number of rotatable bonds is 7. The third kappa shape index (κ3) is 9.59. The third-order valence-corrected chi connectivity index (χ3v) is 1.90. The summed E-state index contributed by atoms with van der Waals surface area (Å²) in [7, 11) is 0. The molecule has 104 valence electrons. The summed E-state index contributed by atoms with van der Waals surface area (Å²) < 4.78 is 9.94. The highest BCUT2D eigenvalue weighted by Gasteiger charge is 2.13. The summed E-state index contributed by atoms with van der Waals surface area (Å²) >= 11 is 0. The van der Waals surface area contributed by atoms with Gasteiger partial charge in [-0.15, -0.1) is 0 Å². The number of ether oxygens (including phenoxy) is 2. The second-order valence-corrected chi connectivity index (χ2v) is 3.48. The molecule has 0 amide bonds. The smallest absolute Gasteiger partial charge is 0.333 e. The van der Waals surface area contributed by atoms with Crippen molar-refractivity contribution in [1.82, 2.24) is 0 Å². The highest BCUT2D eigenvalue weighted by Crippen LogP contribution is 2.03. The number of esters is 2. The molecule has 0 N–H and O–H groups in total. The van der Waals surface area contributed by atoms with Gasteiger partial charge in [-0.3, -0.25) is 0 Å².